The van der Waals surface area contributed by atoms with E-state index >= 15 is 0 Å². The second-order valence-electron chi connectivity index (χ2n) is 8.44. The molecule has 2 unspecified atom stereocenters. The average molecular weight is 367 g/mol. The van der Waals surface area contributed by atoms with Gasteiger partial charge >= 0.3 is 0 Å². The predicted octanol–water partition coefficient (Wildman–Crippen LogP) is 0.0469. The Bertz CT molecular complexity index is 491. The maximum absolute atomic E-state index is 12.8. The van der Waals surface area contributed by atoms with Crippen molar-refractivity contribution in [3.63, 3.8) is 0 Å². The van der Waals surface area contributed by atoms with E-state index in [4.69, 9.17) is 14.2 Å². The summed E-state index contributed by atoms with van der Waals surface area (Å²) < 4.78 is 17.8. The van der Waals surface area contributed by atoms with Crippen LogP contribution >= 0.6 is 0 Å². The van der Waals surface area contributed by atoms with E-state index in [1.165, 1.54) is 0 Å². The molecule has 0 radical (unpaired) electrons. The van der Waals surface area contributed by atoms with Crippen LogP contribution in [-0.2, 0) is 19.0 Å². The van der Waals surface area contributed by atoms with E-state index in [9.17, 15) is 4.79 Å². The van der Waals surface area contributed by atoms with Crippen LogP contribution in [0.2, 0.25) is 0 Å². The third-order valence-corrected chi connectivity index (χ3v) is 6.34. The van der Waals surface area contributed by atoms with Gasteiger partial charge in [-0.1, -0.05) is 0 Å². The number of carbonyl (C=O) groups excluding carboxylic acids is 1. The van der Waals surface area contributed by atoms with Crippen molar-refractivity contribution in [2.75, 3.05) is 79.3 Å². The van der Waals surface area contributed by atoms with Crippen LogP contribution in [0, 0.1) is 5.92 Å². The molecule has 0 bridgehead atoms. The lowest BCUT2D eigenvalue weighted by molar-refractivity contribution is -0.140. The van der Waals surface area contributed by atoms with Gasteiger partial charge in [0.25, 0.3) is 0 Å². The normalized spacial score (nSPS) is 37.3. The van der Waals surface area contributed by atoms with Crippen molar-refractivity contribution >= 4 is 5.91 Å². The Kier molecular flexibility index (Phi) is 5.81. The van der Waals surface area contributed by atoms with Crippen LogP contribution in [0.5, 0.6) is 0 Å². The zero-order valence-electron chi connectivity index (χ0n) is 16.0. The number of piperazine rings is 1. The Balaban J connectivity index is 1.34. The number of amides is 1. The zero-order valence-corrected chi connectivity index (χ0v) is 16.0. The van der Waals surface area contributed by atoms with Crippen LogP contribution in [0.4, 0.5) is 0 Å². The van der Waals surface area contributed by atoms with Crippen LogP contribution in [0.1, 0.15) is 19.3 Å². The van der Waals surface area contributed by atoms with Gasteiger partial charge in [-0.2, -0.15) is 0 Å². The van der Waals surface area contributed by atoms with E-state index in [2.05, 4.69) is 16.8 Å². The molecule has 4 fully saturated rings. The molecule has 1 amide bonds. The Morgan fingerprint density at radius 1 is 1.08 bits per heavy atom. The number of carbonyl (C=O) groups is 1. The highest BCUT2D eigenvalue weighted by molar-refractivity contribution is 5.79. The fraction of sp³-hybridized carbons (Fsp3) is 0.947. The van der Waals surface area contributed by atoms with E-state index in [0.717, 1.165) is 52.0 Å². The summed E-state index contributed by atoms with van der Waals surface area (Å²) in [4.78, 5) is 19.7. The molecule has 4 saturated heterocycles. The summed E-state index contributed by atoms with van der Waals surface area (Å²) in [6, 6.07) is 0. The van der Waals surface area contributed by atoms with Crippen LogP contribution in [0.15, 0.2) is 0 Å². The minimum absolute atomic E-state index is 0.0210. The first-order valence-corrected chi connectivity index (χ1v) is 10.2. The first-order chi connectivity index (χ1) is 12.6. The van der Waals surface area contributed by atoms with Crippen LogP contribution in [0.3, 0.4) is 0 Å². The van der Waals surface area contributed by atoms with Crippen LogP contribution in [0.25, 0.3) is 0 Å². The molecule has 4 aliphatic rings. The third kappa shape index (κ3) is 4.22. The predicted molar refractivity (Wildman–Crippen MR) is 97.1 cm³/mol. The molecule has 0 saturated carbocycles. The zero-order chi connectivity index (χ0) is 18.0. The van der Waals surface area contributed by atoms with Crippen molar-refractivity contribution in [2.24, 2.45) is 5.92 Å². The summed E-state index contributed by atoms with van der Waals surface area (Å²) >= 11 is 0. The Hall–Kier alpha value is -0.730. The van der Waals surface area contributed by atoms with E-state index in [1.54, 1.807) is 0 Å². The largest absolute Gasteiger partial charge is 0.381 e. The molecule has 4 heterocycles. The highest BCUT2D eigenvalue weighted by Crippen LogP contribution is 2.34. The number of hydrogen-bond acceptors (Lipinski definition) is 6. The molecule has 0 aromatic heterocycles. The van der Waals surface area contributed by atoms with Gasteiger partial charge in [-0.15, -0.1) is 0 Å². The monoisotopic (exact) mass is 367 g/mol. The van der Waals surface area contributed by atoms with Crippen molar-refractivity contribution in [1.29, 1.82) is 0 Å². The van der Waals surface area contributed by atoms with Gasteiger partial charge in [-0.05, 0) is 26.3 Å². The van der Waals surface area contributed by atoms with E-state index < -0.39 is 0 Å². The lowest BCUT2D eigenvalue weighted by Crippen LogP contribution is -2.50. The summed E-state index contributed by atoms with van der Waals surface area (Å²) in [5.41, 5.74) is -0.317. The third-order valence-electron chi connectivity index (χ3n) is 6.34. The Labute approximate surface area is 156 Å². The second kappa shape index (κ2) is 8.10. The van der Waals surface area contributed by atoms with Crippen molar-refractivity contribution in [3.8, 4) is 0 Å². The smallest absolute Gasteiger partial charge is 0.228 e. The molecule has 7 nitrogen and oxygen atoms in total. The number of nitrogens with zero attached hydrogens (tertiary/aromatic N) is 3. The molecular weight excluding hydrogens is 334 g/mol. The Morgan fingerprint density at radius 3 is 2.69 bits per heavy atom. The topological polar surface area (TPSA) is 54.5 Å². The molecule has 26 heavy (non-hydrogen) atoms. The number of likely N-dealkylation sites (N-methyl/N-ethyl adjacent to an activating group) is 1. The molecule has 0 aliphatic carbocycles. The minimum Gasteiger partial charge on any atom is -0.381 e. The van der Waals surface area contributed by atoms with Crippen LogP contribution in [-0.4, -0.2) is 112 Å². The molecule has 0 aromatic carbocycles. The van der Waals surface area contributed by atoms with Gasteiger partial charge < -0.3 is 24.0 Å². The van der Waals surface area contributed by atoms with Gasteiger partial charge in [-0.3, -0.25) is 9.69 Å². The van der Waals surface area contributed by atoms with Gasteiger partial charge in [0.2, 0.25) is 5.91 Å². The first kappa shape index (κ1) is 18.6. The van der Waals surface area contributed by atoms with Crippen LogP contribution < -0.4 is 0 Å². The molecule has 0 aromatic rings. The highest BCUT2D eigenvalue weighted by atomic mass is 16.6. The first-order valence-electron chi connectivity index (χ1n) is 10.2. The van der Waals surface area contributed by atoms with Gasteiger partial charge in [-0.25, -0.2) is 0 Å². The molecule has 4 aliphatic heterocycles. The minimum atomic E-state index is -0.317. The molecule has 3 atom stereocenters. The standard InChI is InChI=1S/C19H33N3O4/c1-20-5-7-21(8-6-20)12-17-2-4-19(26-17)14-22(9-11-25-15-19)18(23)16-3-10-24-13-16/h16-17H,2-15H2,1H3/t16?,17?,19-/m0/s1. The van der Waals surface area contributed by atoms with Crippen molar-refractivity contribution in [3.05, 3.63) is 0 Å². The quantitative estimate of drug-likeness (QED) is 0.703. The SMILES string of the molecule is CN1CCN(CC2CC[C@]3(COCCN(C(=O)C4CCOC4)C3)O2)CC1. The fourth-order valence-electron chi connectivity index (χ4n) is 4.65. The summed E-state index contributed by atoms with van der Waals surface area (Å²) in [7, 11) is 2.18. The van der Waals surface area contributed by atoms with E-state index in [0.29, 0.717) is 39.5 Å². The molecule has 1 spiro atoms. The second-order valence-corrected chi connectivity index (χ2v) is 8.44. The van der Waals surface area contributed by atoms with Gasteiger partial charge in [0.15, 0.2) is 0 Å². The summed E-state index contributed by atoms with van der Waals surface area (Å²) in [6.45, 7) is 9.32. The van der Waals surface area contributed by atoms with E-state index in [-0.39, 0.29) is 23.5 Å². The molecular formula is C19H33N3O4. The summed E-state index contributed by atoms with van der Waals surface area (Å²) in [5, 5.41) is 0. The fourth-order valence-corrected chi connectivity index (χ4v) is 4.65. The molecule has 7 heteroatoms. The lowest BCUT2D eigenvalue weighted by atomic mass is 9.99. The van der Waals surface area contributed by atoms with E-state index in [1.807, 2.05) is 4.90 Å². The molecule has 0 N–H and O–H groups in total. The number of ether oxygens (including phenoxy) is 3. The van der Waals surface area contributed by atoms with Gasteiger partial charge in [0, 0.05) is 45.9 Å². The maximum Gasteiger partial charge on any atom is 0.228 e. The van der Waals surface area contributed by atoms with Crippen molar-refractivity contribution in [1.82, 2.24) is 14.7 Å². The van der Waals surface area contributed by atoms with Crippen molar-refractivity contribution < 1.29 is 19.0 Å². The summed E-state index contributed by atoms with van der Waals surface area (Å²) in [6.07, 6.45) is 3.14. The van der Waals surface area contributed by atoms with Gasteiger partial charge in [0.05, 0.1) is 38.4 Å². The maximum atomic E-state index is 12.8. The van der Waals surface area contributed by atoms with Gasteiger partial charge in [0.1, 0.15) is 5.60 Å². The lowest BCUT2D eigenvalue weighted by Gasteiger charge is -2.35. The number of rotatable bonds is 3. The molecule has 4 rings (SSSR count). The Morgan fingerprint density at radius 2 is 1.92 bits per heavy atom. The number of hydrogen-bond donors (Lipinski definition) is 0. The summed E-state index contributed by atoms with van der Waals surface area (Å²) in [5.74, 6) is 0.242. The average Bonchev–Trinajstić information content (AvgIpc) is 3.25. The highest BCUT2D eigenvalue weighted by Gasteiger charge is 2.45. The molecule has 148 valence electrons. The van der Waals surface area contributed by atoms with Crippen molar-refractivity contribution in [2.45, 2.75) is 31.0 Å².